The quantitative estimate of drug-likeness (QED) is 0.829. The van der Waals surface area contributed by atoms with Crippen molar-refractivity contribution in [2.24, 2.45) is 5.73 Å². The molecule has 1 heterocycles. The molecule has 0 spiro atoms. The number of rotatable bonds is 5. The fourth-order valence-electron chi connectivity index (χ4n) is 3.51. The fourth-order valence-corrected chi connectivity index (χ4v) is 3.51. The van der Waals surface area contributed by atoms with Crippen LogP contribution in [0.3, 0.4) is 0 Å². The van der Waals surface area contributed by atoms with Gasteiger partial charge >= 0.3 is 0 Å². The molecule has 1 aliphatic carbocycles. The topological polar surface area (TPSA) is 58.8 Å². The zero-order valence-electron chi connectivity index (χ0n) is 13.5. The highest BCUT2D eigenvalue weighted by Gasteiger charge is 2.32. The second kappa shape index (κ2) is 8.11. The van der Waals surface area contributed by atoms with Gasteiger partial charge in [0.15, 0.2) is 0 Å². The molecule has 0 unspecified atom stereocenters. The summed E-state index contributed by atoms with van der Waals surface area (Å²) in [6.07, 6.45) is 7.21. The number of amides is 1. The molecule has 1 saturated heterocycles. The second-order valence-corrected chi connectivity index (χ2v) is 6.67. The molecule has 2 fully saturated rings. The first-order valence-electron chi connectivity index (χ1n) is 8.41. The van der Waals surface area contributed by atoms with E-state index in [9.17, 15) is 4.79 Å². The largest absolute Gasteiger partial charge is 0.383 e. The van der Waals surface area contributed by atoms with E-state index in [0.29, 0.717) is 6.42 Å². The van der Waals surface area contributed by atoms with Gasteiger partial charge in [-0.15, -0.1) is 0 Å². The summed E-state index contributed by atoms with van der Waals surface area (Å²) in [5.41, 5.74) is 6.19. The maximum atomic E-state index is 12.5. The van der Waals surface area contributed by atoms with Crippen LogP contribution in [0.25, 0.3) is 0 Å². The predicted molar refractivity (Wildman–Crippen MR) is 84.1 cm³/mol. The first-order chi connectivity index (χ1) is 10.1. The lowest BCUT2D eigenvalue weighted by Crippen LogP contribution is -2.47. The summed E-state index contributed by atoms with van der Waals surface area (Å²) >= 11 is 0. The van der Waals surface area contributed by atoms with Crippen LogP contribution in [0.5, 0.6) is 0 Å². The summed E-state index contributed by atoms with van der Waals surface area (Å²) in [7, 11) is 1.73. The normalized spacial score (nSPS) is 23.8. The molecule has 21 heavy (non-hydrogen) atoms. The van der Waals surface area contributed by atoms with E-state index in [1.54, 1.807) is 7.11 Å². The maximum Gasteiger partial charge on any atom is 0.224 e. The van der Waals surface area contributed by atoms with E-state index in [1.165, 1.54) is 19.3 Å². The van der Waals surface area contributed by atoms with Gasteiger partial charge in [0.05, 0.1) is 6.61 Å². The molecule has 5 nitrogen and oxygen atoms in total. The van der Waals surface area contributed by atoms with Crippen molar-refractivity contribution < 1.29 is 9.53 Å². The van der Waals surface area contributed by atoms with Crippen molar-refractivity contribution in [2.75, 3.05) is 46.4 Å². The molecular formula is C16H31N3O2. The number of nitrogens with two attached hydrogens (primary N) is 1. The molecular weight excluding hydrogens is 266 g/mol. The number of hydrogen-bond acceptors (Lipinski definition) is 4. The van der Waals surface area contributed by atoms with Gasteiger partial charge in [-0.1, -0.05) is 19.3 Å². The van der Waals surface area contributed by atoms with E-state index in [0.717, 1.165) is 58.6 Å². The highest BCUT2D eigenvalue weighted by molar-refractivity contribution is 5.77. The Labute approximate surface area is 128 Å². The summed E-state index contributed by atoms with van der Waals surface area (Å²) in [5.74, 6) is 0.257. The first-order valence-corrected chi connectivity index (χ1v) is 8.41. The number of carbonyl (C=O) groups is 1. The van der Waals surface area contributed by atoms with Gasteiger partial charge < -0.3 is 15.4 Å². The van der Waals surface area contributed by atoms with E-state index in [-0.39, 0.29) is 11.4 Å². The minimum Gasteiger partial charge on any atom is -0.383 e. The summed E-state index contributed by atoms with van der Waals surface area (Å²) < 4.78 is 5.13. The van der Waals surface area contributed by atoms with Crippen molar-refractivity contribution >= 4 is 5.91 Å². The van der Waals surface area contributed by atoms with Gasteiger partial charge in [0, 0.05) is 45.2 Å². The van der Waals surface area contributed by atoms with Gasteiger partial charge in [0.1, 0.15) is 0 Å². The van der Waals surface area contributed by atoms with Crippen molar-refractivity contribution in [3.05, 3.63) is 0 Å². The van der Waals surface area contributed by atoms with E-state index < -0.39 is 0 Å². The Morgan fingerprint density at radius 1 is 1.10 bits per heavy atom. The molecule has 1 aliphatic heterocycles. The van der Waals surface area contributed by atoms with Crippen LogP contribution in [-0.2, 0) is 9.53 Å². The minimum absolute atomic E-state index is 0.239. The molecule has 0 bridgehead atoms. The summed E-state index contributed by atoms with van der Waals surface area (Å²) in [6, 6.07) is 0. The molecule has 5 heteroatoms. The van der Waals surface area contributed by atoms with Crippen LogP contribution in [0.1, 0.15) is 44.9 Å². The Balaban J connectivity index is 1.79. The van der Waals surface area contributed by atoms with Gasteiger partial charge in [-0.25, -0.2) is 0 Å². The van der Waals surface area contributed by atoms with Gasteiger partial charge in [0.2, 0.25) is 5.91 Å². The van der Waals surface area contributed by atoms with Gasteiger partial charge in [-0.2, -0.15) is 0 Å². The third-order valence-electron chi connectivity index (χ3n) is 4.91. The third-order valence-corrected chi connectivity index (χ3v) is 4.91. The van der Waals surface area contributed by atoms with E-state index in [4.69, 9.17) is 10.5 Å². The lowest BCUT2D eigenvalue weighted by atomic mass is 9.80. The Morgan fingerprint density at radius 3 is 2.57 bits per heavy atom. The van der Waals surface area contributed by atoms with Crippen LogP contribution in [0.4, 0.5) is 0 Å². The number of hydrogen-bond donors (Lipinski definition) is 1. The molecule has 0 aromatic carbocycles. The minimum atomic E-state index is -0.239. The summed E-state index contributed by atoms with van der Waals surface area (Å²) in [4.78, 5) is 17.0. The van der Waals surface area contributed by atoms with Crippen molar-refractivity contribution in [3.63, 3.8) is 0 Å². The first kappa shape index (κ1) is 16.7. The van der Waals surface area contributed by atoms with Crippen LogP contribution < -0.4 is 5.73 Å². The smallest absolute Gasteiger partial charge is 0.224 e. The number of nitrogens with zero attached hydrogens (tertiary/aromatic N) is 2. The molecule has 1 saturated carbocycles. The van der Waals surface area contributed by atoms with E-state index in [1.807, 2.05) is 4.90 Å². The average Bonchev–Trinajstić information content (AvgIpc) is 2.71. The second-order valence-electron chi connectivity index (χ2n) is 6.67. The van der Waals surface area contributed by atoms with Gasteiger partial charge in [-0.3, -0.25) is 9.69 Å². The molecule has 0 radical (unpaired) electrons. The average molecular weight is 297 g/mol. The highest BCUT2D eigenvalue weighted by Crippen LogP contribution is 2.29. The molecule has 0 aromatic rings. The monoisotopic (exact) mass is 297 g/mol. The Kier molecular flexibility index (Phi) is 6.45. The summed E-state index contributed by atoms with van der Waals surface area (Å²) in [6.45, 7) is 5.43. The molecule has 0 atom stereocenters. The number of carbonyl (C=O) groups excluding carboxylic acids is 1. The molecule has 2 N–H and O–H groups in total. The Hall–Kier alpha value is -0.650. The van der Waals surface area contributed by atoms with Crippen molar-refractivity contribution in [1.82, 2.24) is 9.80 Å². The van der Waals surface area contributed by atoms with Gasteiger partial charge in [-0.05, 0) is 25.8 Å². The number of methoxy groups -OCH3 is 1. The highest BCUT2D eigenvalue weighted by atomic mass is 16.5. The lowest BCUT2D eigenvalue weighted by molar-refractivity contribution is -0.132. The molecule has 1 amide bonds. The predicted octanol–water partition coefficient (Wildman–Crippen LogP) is 1.22. The van der Waals surface area contributed by atoms with Crippen molar-refractivity contribution in [2.45, 2.75) is 50.5 Å². The SMILES string of the molecule is COCCN1CCCN(C(=O)CC2(N)CCCCC2)CC1. The maximum absolute atomic E-state index is 12.5. The standard InChI is InChI=1S/C16H31N3O2/c1-21-13-12-18-8-5-9-19(11-10-18)15(20)14-16(17)6-3-2-4-7-16/h2-14,17H2,1H3. The van der Waals surface area contributed by atoms with Crippen LogP contribution >= 0.6 is 0 Å². The van der Waals surface area contributed by atoms with Crippen molar-refractivity contribution in [1.29, 1.82) is 0 Å². The molecule has 122 valence electrons. The zero-order valence-corrected chi connectivity index (χ0v) is 13.5. The van der Waals surface area contributed by atoms with Crippen molar-refractivity contribution in [3.8, 4) is 0 Å². The Bertz CT molecular complexity index is 329. The molecule has 0 aromatic heterocycles. The van der Waals surface area contributed by atoms with Crippen LogP contribution in [0.15, 0.2) is 0 Å². The summed E-state index contributed by atoms with van der Waals surface area (Å²) in [5, 5.41) is 0. The zero-order chi connectivity index (χ0) is 15.1. The van der Waals surface area contributed by atoms with Crippen LogP contribution in [-0.4, -0.2) is 67.7 Å². The fraction of sp³-hybridized carbons (Fsp3) is 0.938. The number of ether oxygens (including phenoxy) is 1. The van der Waals surface area contributed by atoms with E-state index >= 15 is 0 Å². The Morgan fingerprint density at radius 2 is 1.86 bits per heavy atom. The van der Waals surface area contributed by atoms with Gasteiger partial charge in [0.25, 0.3) is 0 Å². The van der Waals surface area contributed by atoms with E-state index in [2.05, 4.69) is 4.90 Å². The molecule has 2 aliphatic rings. The van der Waals surface area contributed by atoms with Crippen LogP contribution in [0, 0.1) is 0 Å². The van der Waals surface area contributed by atoms with Crippen LogP contribution in [0.2, 0.25) is 0 Å². The lowest BCUT2D eigenvalue weighted by Gasteiger charge is -2.34. The third kappa shape index (κ3) is 5.24. The molecule has 2 rings (SSSR count).